The lowest BCUT2D eigenvalue weighted by Gasteiger charge is -2.39. The van der Waals surface area contributed by atoms with E-state index >= 15 is 0 Å². The van der Waals surface area contributed by atoms with E-state index in [1.54, 1.807) is 7.11 Å². The Bertz CT molecular complexity index is 200. The van der Waals surface area contributed by atoms with Crippen LogP contribution in [0.25, 0.3) is 0 Å². The van der Waals surface area contributed by atoms with Gasteiger partial charge in [-0.15, -0.1) is 0 Å². The highest BCUT2D eigenvalue weighted by atomic mass is 16.5. The number of hydrogen-bond acceptors (Lipinski definition) is 3. The third kappa shape index (κ3) is 5.84. The van der Waals surface area contributed by atoms with Gasteiger partial charge in [-0.2, -0.15) is 0 Å². The molecule has 1 atom stereocenters. The first-order valence-corrected chi connectivity index (χ1v) is 6.98. The summed E-state index contributed by atoms with van der Waals surface area (Å²) in [6, 6.07) is 0. The zero-order valence-electron chi connectivity index (χ0n) is 12.1. The first kappa shape index (κ1) is 14.9. The number of rotatable bonds is 7. The van der Waals surface area contributed by atoms with Crippen LogP contribution >= 0.6 is 0 Å². The van der Waals surface area contributed by atoms with Gasteiger partial charge < -0.3 is 15.0 Å². The number of methoxy groups -OCH3 is 1. The maximum Gasteiger partial charge on any atom is 0.0589 e. The molecule has 0 amide bonds. The van der Waals surface area contributed by atoms with E-state index in [1.807, 2.05) is 0 Å². The summed E-state index contributed by atoms with van der Waals surface area (Å²) < 4.78 is 5.22. The van der Waals surface area contributed by atoms with E-state index in [9.17, 15) is 0 Å². The van der Waals surface area contributed by atoms with Crippen LogP contribution in [0.4, 0.5) is 0 Å². The molecule has 0 aliphatic carbocycles. The molecule has 3 heteroatoms. The molecule has 1 fully saturated rings. The lowest BCUT2D eigenvalue weighted by Crippen LogP contribution is -2.47. The molecule has 1 heterocycles. The Labute approximate surface area is 107 Å². The first-order valence-electron chi connectivity index (χ1n) is 6.98. The molecule has 0 aromatic heterocycles. The Morgan fingerprint density at radius 2 is 2.18 bits per heavy atom. The van der Waals surface area contributed by atoms with E-state index in [-0.39, 0.29) is 0 Å². The molecule has 102 valence electrons. The summed E-state index contributed by atoms with van der Waals surface area (Å²) in [6.45, 7) is 13.6. The molecule has 17 heavy (non-hydrogen) atoms. The van der Waals surface area contributed by atoms with Crippen LogP contribution in [0, 0.1) is 11.3 Å². The SMILES string of the molecule is COCCN(CC(C)C)CC1(C)CCCNC1. The smallest absolute Gasteiger partial charge is 0.0589 e. The normalized spacial score (nSPS) is 25.8. The van der Waals surface area contributed by atoms with Crippen molar-refractivity contribution in [3.63, 3.8) is 0 Å². The van der Waals surface area contributed by atoms with E-state index in [1.165, 1.54) is 32.5 Å². The predicted molar refractivity (Wildman–Crippen MR) is 73.4 cm³/mol. The fraction of sp³-hybridized carbons (Fsp3) is 1.00. The molecule has 1 rings (SSSR count). The van der Waals surface area contributed by atoms with Crippen molar-refractivity contribution >= 4 is 0 Å². The van der Waals surface area contributed by atoms with E-state index in [0.717, 1.165) is 25.6 Å². The average molecular weight is 242 g/mol. The van der Waals surface area contributed by atoms with Crippen molar-refractivity contribution < 1.29 is 4.74 Å². The molecule has 1 saturated heterocycles. The molecule has 1 aliphatic heterocycles. The zero-order chi connectivity index (χ0) is 12.7. The van der Waals surface area contributed by atoms with Crippen LogP contribution in [-0.4, -0.2) is 51.3 Å². The summed E-state index contributed by atoms with van der Waals surface area (Å²) in [4.78, 5) is 2.57. The molecule has 0 saturated carbocycles. The fourth-order valence-corrected chi connectivity index (χ4v) is 2.77. The third-order valence-electron chi connectivity index (χ3n) is 3.53. The van der Waals surface area contributed by atoms with Crippen LogP contribution < -0.4 is 5.32 Å². The Morgan fingerprint density at radius 1 is 1.41 bits per heavy atom. The summed E-state index contributed by atoms with van der Waals surface area (Å²) in [5.41, 5.74) is 0.445. The van der Waals surface area contributed by atoms with Crippen molar-refractivity contribution in [2.24, 2.45) is 11.3 Å². The molecule has 1 N–H and O–H groups in total. The van der Waals surface area contributed by atoms with Crippen LogP contribution in [0.1, 0.15) is 33.6 Å². The van der Waals surface area contributed by atoms with Crippen LogP contribution in [0.15, 0.2) is 0 Å². The molecule has 0 aromatic rings. The second-order valence-electron chi connectivity index (χ2n) is 6.21. The number of piperidine rings is 1. The lowest BCUT2D eigenvalue weighted by atomic mass is 9.82. The maximum atomic E-state index is 5.22. The van der Waals surface area contributed by atoms with Gasteiger partial charge in [0, 0.05) is 33.3 Å². The quantitative estimate of drug-likeness (QED) is 0.739. The van der Waals surface area contributed by atoms with Gasteiger partial charge in [-0.05, 0) is 30.7 Å². The Morgan fingerprint density at radius 3 is 2.71 bits per heavy atom. The van der Waals surface area contributed by atoms with Gasteiger partial charge >= 0.3 is 0 Å². The summed E-state index contributed by atoms with van der Waals surface area (Å²) >= 11 is 0. The van der Waals surface area contributed by atoms with Crippen molar-refractivity contribution in [3.8, 4) is 0 Å². The van der Waals surface area contributed by atoms with E-state index < -0.39 is 0 Å². The zero-order valence-corrected chi connectivity index (χ0v) is 12.1. The largest absolute Gasteiger partial charge is 0.383 e. The predicted octanol–water partition coefficient (Wildman–Crippen LogP) is 1.98. The molecule has 0 spiro atoms. The van der Waals surface area contributed by atoms with Gasteiger partial charge in [0.25, 0.3) is 0 Å². The molecular formula is C14H30N2O. The molecule has 0 bridgehead atoms. The van der Waals surface area contributed by atoms with Gasteiger partial charge in [-0.1, -0.05) is 20.8 Å². The van der Waals surface area contributed by atoms with Crippen LogP contribution in [0.3, 0.4) is 0 Å². The average Bonchev–Trinajstić information content (AvgIpc) is 2.25. The molecule has 3 nitrogen and oxygen atoms in total. The number of nitrogens with one attached hydrogen (secondary N) is 1. The van der Waals surface area contributed by atoms with Gasteiger partial charge in [-0.25, -0.2) is 0 Å². The van der Waals surface area contributed by atoms with Gasteiger partial charge in [0.15, 0.2) is 0 Å². The second kappa shape index (κ2) is 7.34. The minimum absolute atomic E-state index is 0.445. The summed E-state index contributed by atoms with van der Waals surface area (Å²) in [7, 11) is 1.79. The van der Waals surface area contributed by atoms with E-state index in [4.69, 9.17) is 4.74 Å². The van der Waals surface area contributed by atoms with Crippen molar-refractivity contribution in [1.82, 2.24) is 10.2 Å². The minimum atomic E-state index is 0.445. The van der Waals surface area contributed by atoms with Crippen molar-refractivity contribution in [2.45, 2.75) is 33.6 Å². The molecule has 1 unspecified atom stereocenters. The van der Waals surface area contributed by atoms with Crippen LogP contribution in [0.5, 0.6) is 0 Å². The number of hydrogen-bond donors (Lipinski definition) is 1. The first-order chi connectivity index (χ1) is 8.06. The monoisotopic (exact) mass is 242 g/mol. The molecule has 1 aliphatic rings. The standard InChI is InChI=1S/C14H30N2O/c1-13(2)10-16(8-9-17-4)12-14(3)6-5-7-15-11-14/h13,15H,5-12H2,1-4H3. The second-order valence-corrected chi connectivity index (χ2v) is 6.21. The lowest BCUT2D eigenvalue weighted by molar-refractivity contribution is 0.0901. The third-order valence-corrected chi connectivity index (χ3v) is 3.53. The van der Waals surface area contributed by atoms with Crippen molar-refractivity contribution in [2.75, 3.05) is 46.4 Å². The molecule has 0 aromatic carbocycles. The summed E-state index contributed by atoms with van der Waals surface area (Å²) in [6.07, 6.45) is 2.66. The van der Waals surface area contributed by atoms with Crippen LogP contribution in [-0.2, 0) is 4.74 Å². The van der Waals surface area contributed by atoms with E-state index in [0.29, 0.717) is 5.41 Å². The number of ether oxygens (including phenoxy) is 1. The summed E-state index contributed by atoms with van der Waals surface area (Å²) in [5, 5.41) is 3.53. The van der Waals surface area contributed by atoms with Crippen molar-refractivity contribution in [3.05, 3.63) is 0 Å². The van der Waals surface area contributed by atoms with Gasteiger partial charge in [0.2, 0.25) is 0 Å². The highest BCUT2D eigenvalue weighted by Gasteiger charge is 2.29. The van der Waals surface area contributed by atoms with Crippen molar-refractivity contribution in [1.29, 1.82) is 0 Å². The van der Waals surface area contributed by atoms with E-state index in [2.05, 4.69) is 31.0 Å². The highest BCUT2D eigenvalue weighted by Crippen LogP contribution is 2.26. The van der Waals surface area contributed by atoms with Gasteiger partial charge in [0.05, 0.1) is 6.61 Å². The highest BCUT2D eigenvalue weighted by molar-refractivity contribution is 4.84. The Balaban J connectivity index is 2.44. The van der Waals surface area contributed by atoms with Gasteiger partial charge in [-0.3, -0.25) is 0 Å². The summed E-state index contributed by atoms with van der Waals surface area (Å²) in [5.74, 6) is 0.729. The number of nitrogens with zero attached hydrogens (tertiary/aromatic N) is 1. The Kier molecular flexibility index (Phi) is 6.45. The minimum Gasteiger partial charge on any atom is -0.383 e. The fourth-order valence-electron chi connectivity index (χ4n) is 2.77. The maximum absolute atomic E-state index is 5.22. The van der Waals surface area contributed by atoms with Crippen LogP contribution in [0.2, 0.25) is 0 Å². The Hall–Kier alpha value is -0.120. The topological polar surface area (TPSA) is 24.5 Å². The molecular weight excluding hydrogens is 212 g/mol. The molecule has 0 radical (unpaired) electrons. The van der Waals surface area contributed by atoms with Gasteiger partial charge in [0.1, 0.15) is 0 Å².